The standard InChI is InChI=1S/C20H28N4S.HI/c1-16-8-6-12-22-17(16)14-23-19(21-2)24-15-20(10-4-3-5-11-20)18-9-7-13-25-18;/h6-9,12-13H,3-5,10-11,14-15H2,1-2H3,(H2,21,23,24);1H. The second kappa shape index (κ2) is 10.3. The van der Waals surface area contributed by atoms with E-state index < -0.39 is 0 Å². The largest absolute Gasteiger partial charge is 0.355 e. The summed E-state index contributed by atoms with van der Waals surface area (Å²) in [5.74, 6) is 0.853. The smallest absolute Gasteiger partial charge is 0.191 e. The van der Waals surface area contributed by atoms with Crippen molar-refractivity contribution >= 4 is 41.3 Å². The third-order valence-electron chi connectivity index (χ3n) is 5.21. The zero-order valence-corrected chi connectivity index (χ0v) is 18.8. The fourth-order valence-corrected chi connectivity index (χ4v) is 4.65. The minimum atomic E-state index is 0. The summed E-state index contributed by atoms with van der Waals surface area (Å²) in [6, 6.07) is 8.53. The van der Waals surface area contributed by atoms with Crippen LogP contribution in [0.4, 0.5) is 0 Å². The molecule has 2 heterocycles. The van der Waals surface area contributed by atoms with E-state index in [9.17, 15) is 0 Å². The number of halogens is 1. The van der Waals surface area contributed by atoms with Gasteiger partial charge in [0.25, 0.3) is 0 Å². The van der Waals surface area contributed by atoms with Crippen molar-refractivity contribution in [3.63, 3.8) is 0 Å². The average Bonchev–Trinajstić information content (AvgIpc) is 3.19. The molecule has 1 saturated carbocycles. The van der Waals surface area contributed by atoms with Crippen LogP contribution in [0.3, 0.4) is 0 Å². The first kappa shape index (κ1) is 21.2. The molecule has 1 fully saturated rings. The summed E-state index contributed by atoms with van der Waals surface area (Å²) in [5, 5.41) is 9.18. The summed E-state index contributed by atoms with van der Waals surface area (Å²) in [4.78, 5) is 10.4. The molecule has 1 aliphatic rings. The fourth-order valence-electron chi connectivity index (χ4n) is 3.66. The van der Waals surface area contributed by atoms with Crippen molar-refractivity contribution < 1.29 is 0 Å². The number of nitrogens with zero attached hydrogens (tertiary/aromatic N) is 2. The summed E-state index contributed by atoms with van der Waals surface area (Å²) in [6.07, 6.45) is 8.36. The predicted octanol–water partition coefficient (Wildman–Crippen LogP) is 4.64. The fraction of sp³-hybridized carbons (Fsp3) is 0.500. The van der Waals surface area contributed by atoms with Crippen molar-refractivity contribution in [2.75, 3.05) is 13.6 Å². The van der Waals surface area contributed by atoms with E-state index in [1.165, 1.54) is 42.5 Å². The highest BCUT2D eigenvalue weighted by Gasteiger charge is 2.34. The lowest BCUT2D eigenvalue weighted by Gasteiger charge is -2.37. The number of nitrogens with one attached hydrogen (secondary N) is 2. The Morgan fingerprint density at radius 1 is 1.19 bits per heavy atom. The van der Waals surface area contributed by atoms with Gasteiger partial charge in [-0.2, -0.15) is 0 Å². The maximum Gasteiger partial charge on any atom is 0.191 e. The lowest BCUT2D eigenvalue weighted by atomic mass is 9.73. The second-order valence-electron chi connectivity index (χ2n) is 6.86. The lowest BCUT2D eigenvalue weighted by Crippen LogP contribution is -2.46. The Hall–Kier alpha value is -1.15. The number of rotatable bonds is 5. The third kappa shape index (κ3) is 5.19. The molecule has 3 rings (SSSR count). The summed E-state index contributed by atoms with van der Waals surface area (Å²) in [7, 11) is 1.83. The topological polar surface area (TPSA) is 49.3 Å². The molecule has 6 heteroatoms. The van der Waals surface area contributed by atoms with Crippen LogP contribution < -0.4 is 10.6 Å². The number of hydrogen-bond donors (Lipinski definition) is 2. The number of thiophene rings is 1. The minimum Gasteiger partial charge on any atom is -0.355 e. The van der Waals surface area contributed by atoms with E-state index in [1.54, 1.807) is 0 Å². The van der Waals surface area contributed by atoms with Gasteiger partial charge >= 0.3 is 0 Å². The number of aryl methyl sites for hydroxylation is 1. The third-order valence-corrected chi connectivity index (χ3v) is 6.33. The molecule has 0 bridgehead atoms. The van der Waals surface area contributed by atoms with Crippen LogP contribution in [0.1, 0.15) is 48.2 Å². The monoisotopic (exact) mass is 484 g/mol. The summed E-state index contributed by atoms with van der Waals surface area (Å²) >= 11 is 1.89. The predicted molar refractivity (Wildman–Crippen MR) is 122 cm³/mol. The number of hydrogen-bond acceptors (Lipinski definition) is 3. The highest BCUT2D eigenvalue weighted by atomic mass is 127. The number of guanidine groups is 1. The van der Waals surface area contributed by atoms with Gasteiger partial charge in [0.05, 0.1) is 12.2 Å². The Morgan fingerprint density at radius 2 is 2.00 bits per heavy atom. The molecular weight excluding hydrogens is 455 g/mol. The molecule has 0 aromatic carbocycles. The van der Waals surface area contributed by atoms with E-state index in [4.69, 9.17) is 0 Å². The summed E-state index contributed by atoms with van der Waals surface area (Å²) in [5.41, 5.74) is 2.52. The molecule has 142 valence electrons. The Labute approximate surface area is 177 Å². The van der Waals surface area contributed by atoms with Gasteiger partial charge in [-0.3, -0.25) is 9.98 Å². The van der Waals surface area contributed by atoms with E-state index in [-0.39, 0.29) is 29.4 Å². The molecular formula is C20H29IN4S. The van der Waals surface area contributed by atoms with Crippen LogP contribution >= 0.6 is 35.3 Å². The van der Waals surface area contributed by atoms with Crippen LogP contribution in [0.15, 0.2) is 40.8 Å². The van der Waals surface area contributed by atoms with Crippen molar-refractivity contribution in [3.05, 3.63) is 52.0 Å². The first-order chi connectivity index (χ1) is 12.2. The molecule has 2 aromatic heterocycles. The molecule has 0 atom stereocenters. The molecule has 0 spiro atoms. The maximum absolute atomic E-state index is 4.45. The van der Waals surface area contributed by atoms with Crippen molar-refractivity contribution in [2.45, 2.75) is 51.0 Å². The van der Waals surface area contributed by atoms with Gasteiger partial charge in [-0.05, 0) is 42.8 Å². The molecule has 0 amide bonds. The van der Waals surface area contributed by atoms with Gasteiger partial charge in [-0.25, -0.2) is 0 Å². The Morgan fingerprint density at radius 3 is 2.65 bits per heavy atom. The van der Waals surface area contributed by atoms with Gasteiger partial charge in [-0.1, -0.05) is 31.4 Å². The minimum absolute atomic E-state index is 0. The summed E-state index contributed by atoms with van der Waals surface area (Å²) < 4.78 is 0. The SMILES string of the molecule is CN=C(NCc1ncccc1C)NCC1(c2cccs2)CCCCC1.I. The van der Waals surface area contributed by atoms with Crippen LogP contribution in [0.2, 0.25) is 0 Å². The molecule has 1 aliphatic carbocycles. The van der Waals surface area contributed by atoms with Gasteiger partial charge in [0.2, 0.25) is 0 Å². The van der Waals surface area contributed by atoms with E-state index in [2.05, 4.69) is 51.1 Å². The van der Waals surface area contributed by atoms with E-state index >= 15 is 0 Å². The van der Waals surface area contributed by atoms with Crippen LogP contribution in [-0.4, -0.2) is 24.5 Å². The zero-order chi connectivity index (χ0) is 17.5. The maximum atomic E-state index is 4.45. The lowest BCUT2D eigenvalue weighted by molar-refractivity contribution is 0.296. The Bertz CT molecular complexity index is 694. The molecule has 0 aliphatic heterocycles. The molecule has 0 radical (unpaired) electrons. The highest BCUT2D eigenvalue weighted by Crippen LogP contribution is 2.41. The van der Waals surface area contributed by atoms with E-state index in [0.717, 1.165) is 18.2 Å². The molecule has 2 aromatic rings. The average molecular weight is 484 g/mol. The first-order valence-corrected chi connectivity index (χ1v) is 10.0. The van der Waals surface area contributed by atoms with Gasteiger partial charge in [0, 0.05) is 30.1 Å². The van der Waals surface area contributed by atoms with E-state index in [0.29, 0.717) is 6.54 Å². The molecule has 26 heavy (non-hydrogen) atoms. The molecule has 0 unspecified atom stereocenters. The number of aromatic nitrogens is 1. The van der Waals surface area contributed by atoms with Gasteiger partial charge in [-0.15, -0.1) is 35.3 Å². The zero-order valence-electron chi connectivity index (χ0n) is 15.6. The van der Waals surface area contributed by atoms with Gasteiger partial charge in [0.1, 0.15) is 0 Å². The Balaban J connectivity index is 0.00000243. The Kier molecular flexibility index (Phi) is 8.34. The van der Waals surface area contributed by atoms with Gasteiger partial charge in [0.15, 0.2) is 5.96 Å². The van der Waals surface area contributed by atoms with Crippen molar-refractivity contribution in [1.82, 2.24) is 15.6 Å². The van der Waals surface area contributed by atoms with Gasteiger partial charge < -0.3 is 10.6 Å². The molecule has 4 nitrogen and oxygen atoms in total. The quantitative estimate of drug-likeness (QED) is 0.370. The summed E-state index contributed by atoms with van der Waals surface area (Å²) in [6.45, 7) is 3.72. The number of aliphatic imine (C=N–C) groups is 1. The second-order valence-corrected chi connectivity index (χ2v) is 7.81. The highest BCUT2D eigenvalue weighted by molar-refractivity contribution is 14.0. The van der Waals surface area contributed by atoms with Crippen LogP contribution in [0.25, 0.3) is 0 Å². The molecule has 0 saturated heterocycles. The van der Waals surface area contributed by atoms with Crippen molar-refractivity contribution in [1.29, 1.82) is 0 Å². The van der Waals surface area contributed by atoms with Crippen LogP contribution in [-0.2, 0) is 12.0 Å². The van der Waals surface area contributed by atoms with Crippen LogP contribution in [0.5, 0.6) is 0 Å². The normalized spacial score (nSPS) is 16.6. The molecule has 2 N–H and O–H groups in total. The van der Waals surface area contributed by atoms with Crippen molar-refractivity contribution in [2.24, 2.45) is 4.99 Å². The van der Waals surface area contributed by atoms with Crippen LogP contribution in [0, 0.1) is 6.92 Å². The van der Waals surface area contributed by atoms with E-state index in [1.807, 2.05) is 30.6 Å². The van der Waals surface area contributed by atoms with Crippen molar-refractivity contribution in [3.8, 4) is 0 Å². The first-order valence-electron chi connectivity index (χ1n) is 9.12. The number of pyridine rings is 1.